The first-order valence-electron chi connectivity index (χ1n) is 10.1. The van der Waals surface area contributed by atoms with Crippen molar-refractivity contribution in [1.82, 2.24) is 19.8 Å². The van der Waals surface area contributed by atoms with Gasteiger partial charge in [0.05, 0.1) is 0 Å². The second-order valence-electron chi connectivity index (χ2n) is 7.73. The normalized spacial score (nSPS) is 17.5. The van der Waals surface area contributed by atoms with E-state index in [0.29, 0.717) is 0 Å². The van der Waals surface area contributed by atoms with Crippen molar-refractivity contribution in [2.24, 2.45) is 5.92 Å². The Morgan fingerprint density at radius 3 is 2.82 bits per heavy atom. The van der Waals surface area contributed by atoms with Crippen LogP contribution in [-0.2, 0) is 17.6 Å². The van der Waals surface area contributed by atoms with Gasteiger partial charge in [-0.2, -0.15) is 4.52 Å². The van der Waals surface area contributed by atoms with Crippen molar-refractivity contribution in [3.05, 3.63) is 47.8 Å². The van der Waals surface area contributed by atoms with Crippen LogP contribution in [0.2, 0.25) is 0 Å². The number of aromatic nitrogens is 4. The summed E-state index contributed by atoms with van der Waals surface area (Å²) in [4.78, 5) is 15.1. The standard InChI is InChI=1S/C21H24N6O/c28-21(23-18-7-3-5-15-4-1-2-6-17(15)18)16-10-12-26(13-11-16)20-9-8-19-24-22-14-27(19)25-20/h3,5,7-9,14,16H,1-2,4,6,10-13H2,(H,23,28). The van der Waals surface area contributed by atoms with Gasteiger partial charge in [-0.25, -0.2) is 0 Å². The number of hydrogen-bond donors (Lipinski definition) is 1. The number of aryl methyl sites for hydroxylation is 1. The number of piperidine rings is 1. The van der Waals surface area contributed by atoms with Gasteiger partial charge < -0.3 is 10.2 Å². The lowest BCUT2D eigenvalue weighted by molar-refractivity contribution is -0.120. The van der Waals surface area contributed by atoms with Crippen LogP contribution < -0.4 is 10.2 Å². The number of anilines is 2. The molecule has 5 rings (SSSR count). The Labute approximate surface area is 163 Å². The van der Waals surface area contributed by atoms with E-state index in [2.05, 4.69) is 43.7 Å². The first-order chi connectivity index (χ1) is 13.8. The number of hydrogen-bond acceptors (Lipinski definition) is 5. The Morgan fingerprint density at radius 1 is 1.07 bits per heavy atom. The highest BCUT2D eigenvalue weighted by Gasteiger charge is 2.26. The van der Waals surface area contributed by atoms with Gasteiger partial charge in [-0.1, -0.05) is 12.1 Å². The first-order valence-corrected chi connectivity index (χ1v) is 10.1. The fourth-order valence-corrected chi connectivity index (χ4v) is 4.39. The molecule has 0 unspecified atom stereocenters. The van der Waals surface area contributed by atoms with Gasteiger partial charge in [0.25, 0.3) is 0 Å². The van der Waals surface area contributed by atoms with Crippen LogP contribution in [0.4, 0.5) is 11.5 Å². The number of rotatable bonds is 3. The molecule has 3 heterocycles. The fourth-order valence-electron chi connectivity index (χ4n) is 4.39. The van der Waals surface area contributed by atoms with Crippen LogP contribution in [0.25, 0.3) is 5.65 Å². The summed E-state index contributed by atoms with van der Waals surface area (Å²) in [6.07, 6.45) is 7.94. The molecule has 7 nitrogen and oxygen atoms in total. The molecule has 0 atom stereocenters. The van der Waals surface area contributed by atoms with E-state index < -0.39 is 0 Å². The SMILES string of the molecule is O=C(Nc1cccc2c1CCCC2)C1CCN(c2ccc3nncn3n2)CC1. The zero-order chi connectivity index (χ0) is 18.9. The average Bonchev–Trinajstić information content (AvgIpc) is 3.22. The maximum absolute atomic E-state index is 12.9. The summed E-state index contributed by atoms with van der Waals surface area (Å²) in [5, 5.41) is 15.6. The molecule has 2 aliphatic rings. The van der Waals surface area contributed by atoms with E-state index >= 15 is 0 Å². The van der Waals surface area contributed by atoms with Crippen molar-refractivity contribution in [2.45, 2.75) is 38.5 Å². The number of benzene rings is 1. The fraction of sp³-hybridized carbons (Fsp3) is 0.429. The molecule has 1 N–H and O–H groups in total. The zero-order valence-electron chi connectivity index (χ0n) is 15.8. The van der Waals surface area contributed by atoms with Crippen LogP contribution in [0, 0.1) is 5.92 Å². The molecule has 1 aromatic carbocycles. The highest BCUT2D eigenvalue weighted by molar-refractivity contribution is 5.93. The topological polar surface area (TPSA) is 75.4 Å². The van der Waals surface area contributed by atoms with Crippen molar-refractivity contribution in [3.63, 3.8) is 0 Å². The Kier molecular flexibility index (Phi) is 4.43. The number of carbonyl (C=O) groups is 1. The Bertz CT molecular complexity index is 1010. The Hall–Kier alpha value is -2.96. The highest BCUT2D eigenvalue weighted by Crippen LogP contribution is 2.29. The van der Waals surface area contributed by atoms with Gasteiger partial charge in [-0.15, -0.1) is 15.3 Å². The number of nitrogens with zero attached hydrogens (tertiary/aromatic N) is 5. The van der Waals surface area contributed by atoms with Crippen molar-refractivity contribution in [1.29, 1.82) is 0 Å². The lowest BCUT2D eigenvalue weighted by atomic mass is 9.90. The molecule has 2 aromatic heterocycles. The van der Waals surface area contributed by atoms with Crippen LogP contribution in [0.3, 0.4) is 0 Å². The van der Waals surface area contributed by atoms with Crippen molar-refractivity contribution < 1.29 is 4.79 Å². The molecule has 0 bridgehead atoms. The van der Waals surface area contributed by atoms with Crippen LogP contribution >= 0.6 is 0 Å². The number of amides is 1. The van der Waals surface area contributed by atoms with E-state index in [-0.39, 0.29) is 11.8 Å². The maximum atomic E-state index is 12.9. The molecule has 7 heteroatoms. The minimum Gasteiger partial charge on any atom is -0.355 e. The van der Waals surface area contributed by atoms with Gasteiger partial charge in [0, 0.05) is 24.7 Å². The minimum atomic E-state index is 0.0503. The second-order valence-corrected chi connectivity index (χ2v) is 7.73. The molecule has 0 spiro atoms. The number of carbonyl (C=O) groups excluding carboxylic acids is 1. The number of fused-ring (bicyclic) bond motifs is 2. The maximum Gasteiger partial charge on any atom is 0.227 e. The molecule has 1 aliphatic heterocycles. The molecule has 0 radical (unpaired) electrons. The first kappa shape index (κ1) is 17.2. The summed E-state index contributed by atoms with van der Waals surface area (Å²) in [6.45, 7) is 1.65. The largest absolute Gasteiger partial charge is 0.355 e. The Balaban J connectivity index is 1.23. The number of nitrogens with one attached hydrogen (secondary N) is 1. The molecule has 0 saturated carbocycles. The summed E-state index contributed by atoms with van der Waals surface area (Å²) in [7, 11) is 0. The Morgan fingerprint density at radius 2 is 1.93 bits per heavy atom. The molecule has 144 valence electrons. The van der Waals surface area contributed by atoms with E-state index in [1.807, 2.05) is 12.1 Å². The lowest BCUT2D eigenvalue weighted by Gasteiger charge is -2.32. The average molecular weight is 376 g/mol. The molecule has 1 amide bonds. The highest BCUT2D eigenvalue weighted by atomic mass is 16.1. The van der Waals surface area contributed by atoms with E-state index in [9.17, 15) is 4.79 Å². The summed E-state index contributed by atoms with van der Waals surface area (Å²) in [5.74, 6) is 1.11. The van der Waals surface area contributed by atoms with Crippen molar-refractivity contribution >= 4 is 23.1 Å². The molecule has 1 aliphatic carbocycles. The predicted octanol–water partition coefficient (Wildman–Crippen LogP) is 2.86. The van der Waals surface area contributed by atoms with Gasteiger partial charge in [0.1, 0.15) is 12.1 Å². The van der Waals surface area contributed by atoms with Gasteiger partial charge >= 0.3 is 0 Å². The monoisotopic (exact) mass is 376 g/mol. The molecule has 28 heavy (non-hydrogen) atoms. The van der Waals surface area contributed by atoms with Gasteiger partial charge in [-0.3, -0.25) is 4.79 Å². The predicted molar refractivity (Wildman–Crippen MR) is 107 cm³/mol. The molecular weight excluding hydrogens is 352 g/mol. The summed E-state index contributed by atoms with van der Waals surface area (Å²) in [5.41, 5.74) is 4.49. The second kappa shape index (κ2) is 7.22. The molecule has 1 fully saturated rings. The van der Waals surface area contributed by atoms with E-state index in [0.717, 1.165) is 55.9 Å². The van der Waals surface area contributed by atoms with E-state index in [1.165, 1.54) is 24.0 Å². The van der Waals surface area contributed by atoms with E-state index in [1.54, 1.807) is 10.8 Å². The van der Waals surface area contributed by atoms with Crippen LogP contribution in [0.1, 0.15) is 36.8 Å². The van der Waals surface area contributed by atoms with Crippen molar-refractivity contribution in [2.75, 3.05) is 23.3 Å². The lowest BCUT2D eigenvalue weighted by Crippen LogP contribution is -2.38. The summed E-state index contributed by atoms with van der Waals surface area (Å²) in [6, 6.07) is 10.2. The van der Waals surface area contributed by atoms with Crippen LogP contribution in [0.15, 0.2) is 36.7 Å². The van der Waals surface area contributed by atoms with Gasteiger partial charge in [0.2, 0.25) is 5.91 Å². The van der Waals surface area contributed by atoms with Crippen molar-refractivity contribution in [3.8, 4) is 0 Å². The molecule has 1 saturated heterocycles. The van der Waals surface area contributed by atoms with Gasteiger partial charge in [0.15, 0.2) is 5.65 Å². The zero-order valence-corrected chi connectivity index (χ0v) is 15.8. The van der Waals surface area contributed by atoms with E-state index in [4.69, 9.17) is 0 Å². The third-order valence-electron chi connectivity index (χ3n) is 5.99. The van der Waals surface area contributed by atoms with Crippen LogP contribution in [0.5, 0.6) is 0 Å². The summed E-state index contributed by atoms with van der Waals surface area (Å²) >= 11 is 0. The smallest absolute Gasteiger partial charge is 0.227 e. The molecule has 3 aromatic rings. The summed E-state index contributed by atoms with van der Waals surface area (Å²) < 4.78 is 1.69. The van der Waals surface area contributed by atoms with Gasteiger partial charge in [-0.05, 0) is 67.9 Å². The third kappa shape index (κ3) is 3.21. The minimum absolute atomic E-state index is 0.0503. The third-order valence-corrected chi connectivity index (χ3v) is 5.99. The quantitative estimate of drug-likeness (QED) is 0.761. The molecular formula is C21H24N6O. The van der Waals surface area contributed by atoms with Crippen LogP contribution in [-0.4, -0.2) is 38.8 Å².